The van der Waals surface area contributed by atoms with Crippen LogP contribution in [0, 0.1) is 5.82 Å². The number of carbonyl (C=O) groups is 1. The van der Waals surface area contributed by atoms with Crippen LogP contribution in [0.1, 0.15) is 6.92 Å². The van der Waals surface area contributed by atoms with E-state index in [4.69, 9.17) is 4.74 Å². The van der Waals surface area contributed by atoms with Gasteiger partial charge < -0.3 is 10.1 Å². The molecule has 1 amide bonds. The molecule has 2 aromatic carbocycles. The van der Waals surface area contributed by atoms with E-state index in [2.05, 4.69) is 21.2 Å². The number of benzene rings is 2. The lowest BCUT2D eigenvalue weighted by Gasteiger charge is -2.13. The lowest BCUT2D eigenvalue weighted by atomic mass is 10.3. The van der Waals surface area contributed by atoms with E-state index in [-0.39, 0.29) is 5.69 Å². The van der Waals surface area contributed by atoms with Gasteiger partial charge in [0.1, 0.15) is 22.8 Å². The molecule has 2 heterocycles. The van der Waals surface area contributed by atoms with Crippen LogP contribution in [0.3, 0.4) is 0 Å². The van der Waals surface area contributed by atoms with E-state index >= 15 is 0 Å². The van der Waals surface area contributed by atoms with E-state index in [1.807, 2.05) is 6.92 Å². The minimum Gasteiger partial charge on any atom is -0.494 e. The van der Waals surface area contributed by atoms with Gasteiger partial charge in [0.2, 0.25) is 5.91 Å². The second-order valence-electron chi connectivity index (χ2n) is 6.74. The van der Waals surface area contributed by atoms with E-state index in [0.717, 1.165) is 4.57 Å². The van der Waals surface area contributed by atoms with Crippen LogP contribution in [0.25, 0.3) is 15.9 Å². The van der Waals surface area contributed by atoms with Gasteiger partial charge in [0.05, 0.1) is 23.5 Å². The zero-order valence-corrected chi connectivity index (χ0v) is 19.2. The third-order valence-electron chi connectivity index (χ3n) is 4.67. The summed E-state index contributed by atoms with van der Waals surface area (Å²) in [4.78, 5) is 38.9. The van der Waals surface area contributed by atoms with Gasteiger partial charge in [-0.1, -0.05) is 15.9 Å². The second kappa shape index (κ2) is 9.09. The lowest BCUT2D eigenvalue weighted by molar-refractivity contribution is -0.116. The van der Waals surface area contributed by atoms with E-state index in [0.29, 0.717) is 32.7 Å². The molecule has 1 N–H and O–H groups in total. The third-order valence-corrected chi connectivity index (χ3v) is 6.05. The number of nitrogens with zero attached hydrogens (tertiary/aromatic N) is 2. The topological polar surface area (TPSA) is 82.3 Å². The standard InChI is InChI=1S/C22H17BrFN3O4S/c1-2-31-15-6-4-14(5-7-15)27-21(29)20-18(9-10-32-20)26(22(27)30)12-19(28)25-17-8-3-13(23)11-16(17)24/h3-11H,2,12H2,1H3,(H,25,28). The number of hydrogen-bond donors (Lipinski definition) is 1. The van der Waals surface area contributed by atoms with E-state index in [9.17, 15) is 18.8 Å². The summed E-state index contributed by atoms with van der Waals surface area (Å²) >= 11 is 4.34. The number of anilines is 1. The molecule has 0 fully saturated rings. The molecule has 0 atom stereocenters. The highest BCUT2D eigenvalue weighted by molar-refractivity contribution is 9.10. The van der Waals surface area contributed by atoms with Gasteiger partial charge in [0.15, 0.2) is 0 Å². The van der Waals surface area contributed by atoms with Crippen LogP contribution in [0.15, 0.2) is 68.0 Å². The molecule has 164 valence electrons. The highest BCUT2D eigenvalue weighted by atomic mass is 79.9. The largest absolute Gasteiger partial charge is 0.494 e. The SMILES string of the molecule is CCOc1ccc(-n2c(=O)c3sccc3n(CC(=O)Nc3ccc(Br)cc3F)c2=O)cc1. The van der Waals surface area contributed by atoms with Crippen molar-refractivity contribution in [1.82, 2.24) is 9.13 Å². The number of amides is 1. The van der Waals surface area contributed by atoms with Crippen molar-refractivity contribution in [2.24, 2.45) is 0 Å². The maximum absolute atomic E-state index is 14.1. The molecule has 0 radical (unpaired) electrons. The van der Waals surface area contributed by atoms with Crippen LogP contribution >= 0.6 is 27.3 Å². The molecule has 0 saturated heterocycles. The molecule has 2 aromatic heterocycles. The van der Waals surface area contributed by atoms with Crippen LogP contribution in [-0.4, -0.2) is 21.6 Å². The van der Waals surface area contributed by atoms with Gasteiger partial charge in [-0.2, -0.15) is 0 Å². The van der Waals surface area contributed by atoms with Crippen molar-refractivity contribution in [3.8, 4) is 11.4 Å². The minimum absolute atomic E-state index is 0.00681. The molecular formula is C22H17BrFN3O4S. The van der Waals surface area contributed by atoms with Crippen molar-refractivity contribution in [1.29, 1.82) is 0 Å². The number of nitrogens with one attached hydrogen (secondary N) is 1. The molecule has 0 aliphatic rings. The number of hydrogen-bond acceptors (Lipinski definition) is 5. The second-order valence-corrected chi connectivity index (χ2v) is 8.58. The highest BCUT2D eigenvalue weighted by Crippen LogP contribution is 2.20. The van der Waals surface area contributed by atoms with Gasteiger partial charge in [-0.05, 0) is 60.8 Å². The molecule has 4 aromatic rings. The summed E-state index contributed by atoms with van der Waals surface area (Å²) in [6.45, 7) is 1.95. The van der Waals surface area contributed by atoms with Gasteiger partial charge in [-0.25, -0.2) is 13.8 Å². The van der Waals surface area contributed by atoms with Crippen LogP contribution < -0.4 is 21.3 Å². The summed E-state index contributed by atoms with van der Waals surface area (Å²) in [6, 6.07) is 12.4. The number of aromatic nitrogens is 2. The number of ether oxygens (including phenoxy) is 1. The Morgan fingerprint density at radius 1 is 1.16 bits per heavy atom. The monoisotopic (exact) mass is 517 g/mol. The van der Waals surface area contributed by atoms with E-state index in [1.165, 1.54) is 28.0 Å². The summed E-state index contributed by atoms with van der Waals surface area (Å²) < 4.78 is 22.6. The van der Waals surface area contributed by atoms with Crippen molar-refractivity contribution in [2.75, 3.05) is 11.9 Å². The van der Waals surface area contributed by atoms with Crippen LogP contribution in [0.5, 0.6) is 5.75 Å². The molecule has 7 nitrogen and oxygen atoms in total. The molecule has 0 saturated carbocycles. The zero-order valence-electron chi connectivity index (χ0n) is 16.8. The number of halogens is 2. The third kappa shape index (κ3) is 4.23. The lowest BCUT2D eigenvalue weighted by Crippen LogP contribution is -2.40. The first-order chi connectivity index (χ1) is 15.4. The van der Waals surface area contributed by atoms with E-state index in [1.54, 1.807) is 41.8 Å². The van der Waals surface area contributed by atoms with Crippen molar-refractivity contribution in [3.05, 3.63) is 85.0 Å². The summed E-state index contributed by atoms with van der Waals surface area (Å²) in [5.74, 6) is -0.601. The average molecular weight is 518 g/mol. The minimum atomic E-state index is -0.670. The predicted octanol–water partition coefficient (Wildman–Crippen LogP) is 4.15. The Bertz CT molecular complexity index is 1430. The fraction of sp³-hybridized carbons (Fsp3) is 0.136. The highest BCUT2D eigenvalue weighted by Gasteiger charge is 2.18. The first-order valence-corrected chi connectivity index (χ1v) is 11.3. The average Bonchev–Trinajstić information content (AvgIpc) is 3.25. The first kappa shape index (κ1) is 22.0. The van der Waals surface area contributed by atoms with Crippen LogP contribution in [-0.2, 0) is 11.3 Å². The molecule has 0 aliphatic heterocycles. The van der Waals surface area contributed by atoms with Crippen LogP contribution in [0.2, 0.25) is 0 Å². The molecule has 0 aliphatic carbocycles. The molecule has 0 unspecified atom stereocenters. The quantitative estimate of drug-likeness (QED) is 0.416. The molecular weight excluding hydrogens is 501 g/mol. The fourth-order valence-electron chi connectivity index (χ4n) is 3.25. The van der Waals surface area contributed by atoms with Gasteiger partial charge in [0, 0.05) is 4.47 Å². The number of rotatable bonds is 6. The Hall–Kier alpha value is -3.24. The molecule has 0 bridgehead atoms. The summed E-state index contributed by atoms with van der Waals surface area (Å²) in [7, 11) is 0. The van der Waals surface area contributed by atoms with E-state index < -0.39 is 29.5 Å². The fourth-order valence-corrected chi connectivity index (χ4v) is 4.41. The van der Waals surface area contributed by atoms with Crippen molar-refractivity contribution in [2.45, 2.75) is 13.5 Å². The number of thiophene rings is 1. The van der Waals surface area contributed by atoms with Crippen molar-refractivity contribution >= 4 is 49.1 Å². The van der Waals surface area contributed by atoms with Gasteiger partial charge in [-0.3, -0.25) is 14.2 Å². The zero-order chi connectivity index (χ0) is 22.8. The molecule has 0 spiro atoms. The number of fused-ring (bicyclic) bond motifs is 1. The normalized spacial score (nSPS) is 11.0. The smallest absolute Gasteiger partial charge is 0.336 e. The van der Waals surface area contributed by atoms with Crippen molar-refractivity contribution in [3.63, 3.8) is 0 Å². The first-order valence-electron chi connectivity index (χ1n) is 9.60. The number of carbonyl (C=O) groups excluding carboxylic acids is 1. The Morgan fingerprint density at radius 3 is 2.59 bits per heavy atom. The Labute approximate surface area is 193 Å². The Kier molecular flexibility index (Phi) is 6.24. The summed E-state index contributed by atoms with van der Waals surface area (Å²) in [6.07, 6.45) is 0. The van der Waals surface area contributed by atoms with Crippen LogP contribution in [0.4, 0.5) is 10.1 Å². The summed E-state index contributed by atoms with van der Waals surface area (Å²) in [5.41, 5.74) is -0.450. The molecule has 4 rings (SSSR count). The van der Waals surface area contributed by atoms with Gasteiger partial charge in [0.25, 0.3) is 5.56 Å². The maximum Gasteiger partial charge on any atom is 0.336 e. The molecule has 32 heavy (non-hydrogen) atoms. The van der Waals surface area contributed by atoms with Gasteiger partial charge in [-0.15, -0.1) is 11.3 Å². The Balaban J connectivity index is 1.74. The van der Waals surface area contributed by atoms with Crippen molar-refractivity contribution < 1.29 is 13.9 Å². The Morgan fingerprint density at radius 2 is 1.91 bits per heavy atom. The molecule has 10 heteroatoms. The predicted molar refractivity (Wildman–Crippen MR) is 126 cm³/mol. The summed E-state index contributed by atoms with van der Waals surface area (Å²) in [5, 5.41) is 4.15. The maximum atomic E-state index is 14.1. The van der Waals surface area contributed by atoms with Gasteiger partial charge >= 0.3 is 5.69 Å².